The van der Waals surface area contributed by atoms with Gasteiger partial charge in [0.2, 0.25) is 5.91 Å². The van der Waals surface area contributed by atoms with Crippen LogP contribution in [0.3, 0.4) is 0 Å². The Labute approximate surface area is 97.3 Å². The highest BCUT2D eigenvalue weighted by atomic mass is 16.5. The van der Waals surface area contributed by atoms with E-state index in [0.29, 0.717) is 11.5 Å². The van der Waals surface area contributed by atoms with E-state index in [9.17, 15) is 19.2 Å². The summed E-state index contributed by atoms with van der Waals surface area (Å²) < 4.78 is 4.73. The number of hydrogen-bond acceptors (Lipinski definition) is 5. The third kappa shape index (κ3) is 2.78. The van der Waals surface area contributed by atoms with Crippen LogP contribution in [-0.4, -0.2) is 55.0 Å². The Balaban J connectivity index is 2.60. The first-order valence-corrected chi connectivity index (χ1v) is 4.94. The minimum atomic E-state index is -1.04. The Morgan fingerprint density at radius 1 is 1.47 bits per heavy atom. The smallest absolute Gasteiger partial charge is 0.332 e. The first kappa shape index (κ1) is 13.1. The summed E-state index contributed by atoms with van der Waals surface area (Å²) in [5.41, 5.74) is 0. The lowest BCUT2D eigenvalue weighted by Crippen LogP contribution is -2.48. The van der Waals surface area contributed by atoms with Gasteiger partial charge in [-0.1, -0.05) is 0 Å². The van der Waals surface area contributed by atoms with Crippen LogP contribution in [0.25, 0.3) is 0 Å². The molecule has 0 aliphatic carbocycles. The van der Waals surface area contributed by atoms with Gasteiger partial charge in [-0.25, -0.2) is 9.69 Å². The normalized spacial score (nSPS) is 17.1. The summed E-state index contributed by atoms with van der Waals surface area (Å²) in [4.78, 5) is 45.6. The molecular weight excluding hydrogens is 230 g/mol. The van der Waals surface area contributed by atoms with Crippen molar-refractivity contribution in [2.75, 3.05) is 20.3 Å². The number of urea groups is 1. The molecule has 1 heterocycles. The lowest BCUT2D eigenvalue weighted by Gasteiger charge is -2.19. The second kappa shape index (κ2) is 5.39. The van der Waals surface area contributed by atoms with Crippen LogP contribution in [0.2, 0.25) is 0 Å². The number of rotatable bonds is 5. The zero-order valence-corrected chi connectivity index (χ0v) is 9.48. The lowest BCUT2D eigenvalue weighted by atomic mass is 10.2. The van der Waals surface area contributed by atoms with Crippen molar-refractivity contribution in [3.8, 4) is 0 Å². The molecule has 1 saturated heterocycles. The van der Waals surface area contributed by atoms with Gasteiger partial charge in [0.15, 0.2) is 0 Å². The van der Waals surface area contributed by atoms with Gasteiger partial charge in [0, 0.05) is 13.7 Å². The Hall–Kier alpha value is -1.96. The van der Waals surface area contributed by atoms with Crippen LogP contribution in [0.5, 0.6) is 0 Å². The first-order valence-electron chi connectivity index (χ1n) is 4.94. The zero-order chi connectivity index (χ0) is 13.0. The van der Waals surface area contributed by atoms with E-state index < -0.39 is 29.8 Å². The van der Waals surface area contributed by atoms with Crippen LogP contribution in [0.15, 0.2) is 0 Å². The van der Waals surface area contributed by atoms with Crippen molar-refractivity contribution >= 4 is 23.8 Å². The molecule has 1 aliphatic rings. The van der Waals surface area contributed by atoms with Gasteiger partial charge in [0.25, 0.3) is 0 Å². The van der Waals surface area contributed by atoms with Gasteiger partial charge in [-0.15, -0.1) is 0 Å². The molecule has 0 aromatic heterocycles. The number of methoxy groups -OCH3 is 1. The summed E-state index contributed by atoms with van der Waals surface area (Å²) in [5, 5.41) is 4.28. The van der Waals surface area contributed by atoms with Crippen LogP contribution in [0.4, 0.5) is 4.79 Å². The van der Waals surface area contributed by atoms with E-state index in [-0.39, 0.29) is 6.54 Å². The van der Waals surface area contributed by atoms with E-state index in [4.69, 9.17) is 4.74 Å². The molecule has 8 heteroatoms. The molecule has 0 bridgehead atoms. The fourth-order valence-electron chi connectivity index (χ4n) is 1.31. The molecule has 17 heavy (non-hydrogen) atoms. The first-order chi connectivity index (χ1) is 7.99. The average Bonchev–Trinajstić information content (AvgIpc) is 2.52. The highest BCUT2D eigenvalue weighted by molar-refractivity contribution is 6.45. The third-order valence-electron chi connectivity index (χ3n) is 2.22. The maximum atomic E-state index is 11.6. The van der Waals surface area contributed by atoms with E-state index in [2.05, 4.69) is 5.32 Å². The van der Waals surface area contributed by atoms with Crippen LogP contribution in [-0.2, 0) is 19.1 Å². The molecule has 0 aromatic carbocycles. The maximum absolute atomic E-state index is 11.6. The molecule has 0 spiro atoms. The molecule has 1 aliphatic heterocycles. The maximum Gasteiger partial charge on any atom is 0.332 e. The Morgan fingerprint density at radius 3 is 2.59 bits per heavy atom. The van der Waals surface area contributed by atoms with E-state index in [1.807, 2.05) is 5.32 Å². The molecule has 8 nitrogen and oxygen atoms in total. The van der Waals surface area contributed by atoms with Crippen molar-refractivity contribution in [2.45, 2.75) is 13.0 Å². The number of hydrogen-bond donors (Lipinski definition) is 2. The molecule has 94 valence electrons. The highest BCUT2D eigenvalue weighted by Gasteiger charge is 2.42. The van der Waals surface area contributed by atoms with Gasteiger partial charge in [0.1, 0.15) is 6.04 Å². The molecule has 0 aromatic rings. The summed E-state index contributed by atoms with van der Waals surface area (Å²) in [6.45, 7) is 1.94. The topological polar surface area (TPSA) is 105 Å². The van der Waals surface area contributed by atoms with Crippen molar-refractivity contribution in [3.63, 3.8) is 0 Å². The minimum Gasteiger partial charge on any atom is -0.383 e. The van der Waals surface area contributed by atoms with Crippen LogP contribution in [0, 0.1) is 0 Å². The summed E-state index contributed by atoms with van der Waals surface area (Å²) >= 11 is 0. The Bertz CT molecular complexity index is 368. The van der Waals surface area contributed by atoms with E-state index in [0.717, 1.165) is 0 Å². The van der Waals surface area contributed by atoms with Gasteiger partial charge in [0.05, 0.1) is 6.61 Å². The van der Waals surface area contributed by atoms with Crippen molar-refractivity contribution in [3.05, 3.63) is 0 Å². The molecule has 1 unspecified atom stereocenters. The van der Waals surface area contributed by atoms with Gasteiger partial charge in [-0.3, -0.25) is 19.7 Å². The molecule has 0 saturated carbocycles. The van der Waals surface area contributed by atoms with Gasteiger partial charge < -0.3 is 10.1 Å². The Morgan fingerprint density at radius 2 is 2.12 bits per heavy atom. The number of imide groups is 2. The quantitative estimate of drug-likeness (QED) is 0.337. The monoisotopic (exact) mass is 243 g/mol. The van der Waals surface area contributed by atoms with Crippen LogP contribution < -0.4 is 10.6 Å². The van der Waals surface area contributed by atoms with E-state index >= 15 is 0 Å². The van der Waals surface area contributed by atoms with E-state index in [1.165, 1.54) is 14.0 Å². The second-order valence-electron chi connectivity index (χ2n) is 3.39. The third-order valence-corrected chi connectivity index (χ3v) is 2.22. The number of amides is 5. The second-order valence-corrected chi connectivity index (χ2v) is 3.39. The molecule has 1 fully saturated rings. The van der Waals surface area contributed by atoms with Gasteiger partial charge >= 0.3 is 17.8 Å². The standard InChI is InChI=1S/C9H13N3O5/c1-5(6(13)10-3-4-17-2)12-8(15)7(14)11-9(12)16/h5H,3-4H2,1-2H3,(H,10,13)(H,11,14,16). The predicted molar refractivity (Wildman–Crippen MR) is 54.7 cm³/mol. The number of nitrogens with one attached hydrogen (secondary N) is 2. The summed E-state index contributed by atoms with van der Waals surface area (Å²) in [6, 6.07) is -1.92. The average molecular weight is 243 g/mol. The molecule has 2 N–H and O–H groups in total. The van der Waals surface area contributed by atoms with Crippen LogP contribution >= 0.6 is 0 Å². The summed E-state index contributed by atoms with van der Waals surface area (Å²) in [5.74, 6) is -2.57. The molecule has 0 radical (unpaired) electrons. The SMILES string of the molecule is COCCNC(=O)C(C)N1C(=O)NC(=O)C1=O. The molecule has 1 rings (SSSR count). The lowest BCUT2D eigenvalue weighted by molar-refractivity contribution is -0.142. The summed E-state index contributed by atoms with van der Waals surface area (Å²) in [7, 11) is 1.48. The fourth-order valence-corrected chi connectivity index (χ4v) is 1.31. The number of nitrogens with zero attached hydrogens (tertiary/aromatic N) is 1. The van der Waals surface area contributed by atoms with Gasteiger partial charge in [-0.05, 0) is 6.92 Å². The van der Waals surface area contributed by atoms with Crippen molar-refractivity contribution in [1.82, 2.24) is 15.5 Å². The molecule has 1 atom stereocenters. The Kier molecular flexibility index (Phi) is 4.16. The fraction of sp³-hybridized carbons (Fsp3) is 0.556. The number of carbonyl (C=O) groups excluding carboxylic acids is 4. The molecular formula is C9H13N3O5. The molecule has 5 amide bonds. The van der Waals surface area contributed by atoms with Gasteiger partial charge in [-0.2, -0.15) is 0 Å². The van der Waals surface area contributed by atoms with Crippen molar-refractivity contribution < 1.29 is 23.9 Å². The van der Waals surface area contributed by atoms with E-state index in [1.54, 1.807) is 0 Å². The largest absolute Gasteiger partial charge is 0.383 e. The van der Waals surface area contributed by atoms with Crippen LogP contribution in [0.1, 0.15) is 6.92 Å². The summed E-state index contributed by atoms with van der Waals surface area (Å²) in [6.07, 6.45) is 0. The highest BCUT2D eigenvalue weighted by Crippen LogP contribution is 2.06. The number of ether oxygens (including phenoxy) is 1. The van der Waals surface area contributed by atoms with Crippen molar-refractivity contribution in [2.24, 2.45) is 0 Å². The number of carbonyl (C=O) groups is 4. The zero-order valence-electron chi connectivity index (χ0n) is 9.48. The predicted octanol–water partition coefficient (Wildman–Crippen LogP) is -1.78. The van der Waals surface area contributed by atoms with Crippen molar-refractivity contribution in [1.29, 1.82) is 0 Å². The minimum absolute atomic E-state index is 0.261.